The summed E-state index contributed by atoms with van der Waals surface area (Å²) in [6.07, 6.45) is 0. The number of thioether (sulfide) groups is 1. The molecule has 0 aromatic heterocycles. The lowest BCUT2D eigenvalue weighted by Crippen LogP contribution is -2.45. The molecule has 0 bridgehead atoms. The van der Waals surface area contributed by atoms with Gasteiger partial charge in [-0.3, -0.25) is 0 Å². The van der Waals surface area contributed by atoms with Crippen LogP contribution in [0.4, 0.5) is 4.79 Å². The van der Waals surface area contributed by atoms with E-state index in [-0.39, 0.29) is 6.03 Å². The molecule has 0 radical (unpaired) electrons. The summed E-state index contributed by atoms with van der Waals surface area (Å²) in [6, 6.07) is 9.64. The summed E-state index contributed by atoms with van der Waals surface area (Å²) in [7, 11) is 0. The molecule has 0 aliphatic carbocycles. The molecule has 98 valence electrons. The van der Waals surface area contributed by atoms with E-state index in [1.54, 1.807) is 0 Å². The molecule has 18 heavy (non-hydrogen) atoms. The Labute approximate surface area is 112 Å². The van der Waals surface area contributed by atoms with E-state index in [1.807, 2.05) is 47.0 Å². The van der Waals surface area contributed by atoms with E-state index in [9.17, 15) is 4.79 Å². The Morgan fingerprint density at radius 2 is 2.00 bits per heavy atom. The molecule has 1 N–H and O–H groups in total. The molecule has 1 aromatic carbocycles. The Morgan fingerprint density at radius 3 is 2.72 bits per heavy atom. The molecular formula is C13H18N2O2S. The van der Waals surface area contributed by atoms with Gasteiger partial charge in [0.2, 0.25) is 0 Å². The molecule has 0 spiro atoms. The third kappa shape index (κ3) is 4.14. The van der Waals surface area contributed by atoms with Crippen molar-refractivity contribution in [2.24, 2.45) is 0 Å². The van der Waals surface area contributed by atoms with Gasteiger partial charge in [0.15, 0.2) is 0 Å². The number of amides is 2. The fraction of sp³-hybridized carbons (Fsp3) is 0.462. The molecular weight excluding hydrogens is 248 g/mol. The first-order chi connectivity index (χ1) is 8.86. The van der Waals surface area contributed by atoms with Crippen molar-refractivity contribution in [1.29, 1.82) is 0 Å². The third-order valence-corrected chi connectivity index (χ3v) is 3.63. The molecule has 0 saturated carbocycles. The van der Waals surface area contributed by atoms with Gasteiger partial charge in [0, 0.05) is 24.6 Å². The highest BCUT2D eigenvalue weighted by molar-refractivity contribution is 7.99. The quantitative estimate of drug-likeness (QED) is 0.845. The van der Waals surface area contributed by atoms with Crippen LogP contribution in [0.2, 0.25) is 0 Å². The molecule has 1 aliphatic rings. The van der Waals surface area contributed by atoms with E-state index >= 15 is 0 Å². The molecule has 0 unspecified atom stereocenters. The van der Waals surface area contributed by atoms with Crippen molar-refractivity contribution < 1.29 is 9.53 Å². The fourth-order valence-electron chi connectivity index (χ4n) is 1.72. The van der Waals surface area contributed by atoms with Crippen LogP contribution in [0.15, 0.2) is 30.3 Å². The second kappa shape index (κ2) is 7.16. The van der Waals surface area contributed by atoms with Crippen LogP contribution in [-0.4, -0.2) is 48.7 Å². The lowest BCUT2D eigenvalue weighted by atomic mass is 10.3. The van der Waals surface area contributed by atoms with Crippen LogP contribution >= 0.6 is 11.8 Å². The Hall–Kier alpha value is -1.36. The van der Waals surface area contributed by atoms with E-state index in [1.165, 1.54) is 0 Å². The monoisotopic (exact) mass is 266 g/mol. The van der Waals surface area contributed by atoms with Crippen molar-refractivity contribution in [2.45, 2.75) is 0 Å². The predicted molar refractivity (Wildman–Crippen MR) is 74.2 cm³/mol. The minimum atomic E-state index is 0.0203. The van der Waals surface area contributed by atoms with Crippen LogP contribution in [0.1, 0.15) is 0 Å². The number of hydrogen-bond donors (Lipinski definition) is 1. The minimum Gasteiger partial charge on any atom is -0.492 e. The fourth-order valence-corrected chi connectivity index (χ4v) is 2.62. The average Bonchev–Trinajstić information content (AvgIpc) is 2.45. The van der Waals surface area contributed by atoms with Crippen LogP contribution < -0.4 is 10.1 Å². The Balaban J connectivity index is 1.61. The first-order valence-corrected chi connectivity index (χ1v) is 7.30. The van der Waals surface area contributed by atoms with Crippen LogP contribution in [0.3, 0.4) is 0 Å². The van der Waals surface area contributed by atoms with Gasteiger partial charge in [-0.05, 0) is 12.1 Å². The molecule has 2 rings (SSSR count). The van der Waals surface area contributed by atoms with E-state index in [4.69, 9.17) is 4.74 Å². The second-order valence-electron chi connectivity index (χ2n) is 3.99. The summed E-state index contributed by atoms with van der Waals surface area (Å²) in [5.74, 6) is 2.91. The van der Waals surface area contributed by atoms with Crippen molar-refractivity contribution in [1.82, 2.24) is 10.2 Å². The van der Waals surface area contributed by atoms with Crippen LogP contribution in [0.25, 0.3) is 0 Å². The second-order valence-corrected chi connectivity index (χ2v) is 5.22. The standard InChI is InChI=1S/C13H18N2O2S/c16-13(15-7-10-18-11-8-15)14-6-9-17-12-4-2-1-3-5-12/h1-5H,6-11H2,(H,14,16). The Kier molecular flexibility index (Phi) is 5.20. The van der Waals surface area contributed by atoms with Gasteiger partial charge >= 0.3 is 6.03 Å². The zero-order valence-corrected chi connectivity index (χ0v) is 11.1. The number of nitrogens with zero attached hydrogens (tertiary/aromatic N) is 1. The number of carbonyl (C=O) groups excluding carboxylic acids is 1. The molecule has 1 saturated heterocycles. The zero-order chi connectivity index (χ0) is 12.6. The van der Waals surface area contributed by atoms with Gasteiger partial charge in [0.25, 0.3) is 0 Å². The smallest absolute Gasteiger partial charge is 0.317 e. The van der Waals surface area contributed by atoms with E-state index in [0.717, 1.165) is 30.3 Å². The lowest BCUT2D eigenvalue weighted by Gasteiger charge is -2.26. The van der Waals surface area contributed by atoms with E-state index in [2.05, 4.69) is 5.32 Å². The maximum absolute atomic E-state index is 11.8. The summed E-state index contributed by atoms with van der Waals surface area (Å²) in [5.41, 5.74) is 0. The summed E-state index contributed by atoms with van der Waals surface area (Å²) in [6.45, 7) is 2.72. The van der Waals surface area contributed by atoms with E-state index in [0.29, 0.717) is 13.2 Å². The van der Waals surface area contributed by atoms with Crippen LogP contribution in [0.5, 0.6) is 5.75 Å². The van der Waals surface area contributed by atoms with Crippen LogP contribution in [0, 0.1) is 0 Å². The maximum atomic E-state index is 11.8. The number of nitrogens with one attached hydrogen (secondary N) is 1. The molecule has 1 aromatic rings. The number of ether oxygens (including phenoxy) is 1. The molecule has 2 amide bonds. The highest BCUT2D eigenvalue weighted by Gasteiger charge is 2.15. The number of hydrogen-bond acceptors (Lipinski definition) is 3. The Bertz CT molecular complexity index is 367. The van der Waals surface area contributed by atoms with E-state index < -0.39 is 0 Å². The van der Waals surface area contributed by atoms with Gasteiger partial charge in [-0.15, -0.1) is 0 Å². The molecule has 1 fully saturated rings. The predicted octanol–water partition coefficient (Wildman–Crippen LogP) is 1.82. The summed E-state index contributed by atoms with van der Waals surface area (Å²) in [4.78, 5) is 13.6. The normalized spacial score (nSPS) is 15.2. The zero-order valence-electron chi connectivity index (χ0n) is 10.3. The molecule has 5 heteroatoms. The molecule has 1 heterocycles. The lowest BCUT2D eigenvalue weighted by molar-refractivity contribution is 0.200. The van der Waals surface area contributed by atoms with Gasteiger partial charge in [0.05, 0.1) is 6.54 Å². The van der Waals surface area contributed by atoms with Gasteiger partial charge < -0.3 is 15.0 Å². The van der Waals surface area contributed by atoms with Crippen molar-refractivity contribution in [3.63, 3.8) is 0 Å². The van der Waals surface area contributed by atoms with Gasteiger partial charge in [0.1, 0.15) is 12.4 Å². The molecule has 1 aliphatic heterocycles. The SMILES string of the molecule is O=C(NCCOc1ccccc1)N1CCSCC1. The van der Waals surface area contributed by atoms with Gasteiger partial charge in [-0.1, -0.05) is 18.2 Å². The van der Waals surface area contributed by atoms with Crippen LogP contribution in [-0.2, 0) is 0 Å². The minimum absolute atomic E-state index is 0.0203. The van der Waals surface area contributed by atoms with Crippen molar-refractivity contribution in [2.75, 3.05) is 37.7 Å². The summed E-state index contributed by atoms with van der Waals surface area (Å²) < 4.78 is 5.51. The first-order valence-electron chi connectivity index (χ1n) is 6.14. The highest BCUT2D eigenvalue weighted by Crippen LogP contribution is 2.09. The number of benzene rings is 1. The maximum Gasteiger partial charge on any atom is 0.317 e. The topological polar surface area (TPSA) is 41.6 Å². The number of carbonyl (C=O) groups is 1. The number of para-hydroxylation sites is 1. The Morgan fingerprint density at radius 1 is 1.28 bits per heavy atom. The largest absolute Gasteiger partial charge is 0.492 e. The van der Waals surface area contributed by atoms with Gasteiger partial charge in [-0.2, -0.15) is 11.8 Å². The average molecular weight is 266 g/mol. The van der Waals surface area contributed by atoms with Crippen molar-refractivity contribution >= 4 is 17.8 Å². The molecule has 0 atom stereocenters. The number of urea groups is 1. The summed E-state index contributed by atoms with van der Waals surface area (Å²) in [5, 5.41) is 2.88. The highest BCUT2D eigenvalue weighted by atomic mass is 32.2. The van der Waals surface area contributed by atoms with Crippen molar-refractivity contribution in [3.8, 4) is 5.75 Å². The summed E-state index contributed by atoms with van der Waals surface area (Å²) >= 11 is 1.90. The number of rotatable bonds is 4. The van der Waals surface area contributed by atoms with Gasteiger partial charge in [-0.25, -0.2) is 4.79 Å². The third-order valence-electron chi connectivity index (χ3n) is 2.69. The van der Waals surface area contributed by atoms with Crippen molar-refractivity contribution in [3.05, 3.63) is 30.3 Å². The molecule has 4 nitrogen and oxygen atoms in total. The first kappa shape index (κ1) is 13.1.